The van der Waals surface area contributed by atoms with Gasteiger partial charge in [0.05, 0.1) is 0 Å². The number of nitrogens with one attached hydrogen (secondary N) is 1. The van der Waals surface area contributed by atoms with Crippen molar-refractivity contribution in [3.8, 4) is 5.75 Å². The van der Waals surface area contributed by atoms with Gasteiger partial charge in [-0.1, -0.05) is 81.4 Å². The lowest BCUT2D eigenvalue weighted by Crippen LogP contribution is -2.09. The smallest absolute Gasteiger partial charge is 0.192 e. The Labute approximate surface area is 199 Å². The summed E-state index contributed by atoms with van der Waals surface area (Å²) in [5.74, 6) is 0.792. The molecule has 1 aromatic rings. The molecule has 0 saturated heterocycles. The molecule has 5 nitrogen and oxygen atoms in total. The molecule has 0 saturated carbocycles. The minimum absolute atomic E-state index is 0.164. The molecule has 1 aromatic carbocycles. The third-order valence-corrected chi connectivity index (χ3v) is 4.94. The van der Waals surface area contributed by atoms with E-state index in [-0.39, 0.29) is 5.88 Å². The Balaban J connectivity index is 3.06. The van der Waals surface area contributed by atoms with Crippen molar-refractivity contribution in [2.75, 3.05) is 6.54 Å². The second-order valence-electron chi connectivity index (χ2n) is 7.69. The van der Waals surface area contributed by atoms with Crippen LogP contribution in [0.15, 0.2) is 85.0 Å². The van der Waals surface area contributed by atoms with Gasteiger partial charge in [0, 0.05) is 23.8 Å². The van der Waals surface area contributed by atoms with Crippen molar-refractivity contribution >= 4 is 11.3 Å². The van der Waals surface area contributed by atoms with Crippen LogP contribution >= 0.6 is 0 Å². The van der Waals surface area contributed by atoms with Crippen LogP contribution in [0.3, 0.4) is 0 Å². The summed E-state index contributed by atoms with van der Waals surface area (Å²) >= 11 is 0. The van der Waals surface area contributed by atoms with Gasteiger partial charge in [0.1, 0.15) is 5.75 Å². The summed E-state index contributed by atoms with van der Waals surface area (Å²) in [6.07, 6.45) is 20.1. The lowest BCUT2D eigenvalue weighted by atomic mass is 10.0. The third-order valence-electron chi connectivity index (χ3n) is 4.94. The largest absolute Gasteiger partial charge is 0.441 e. The second-order valence-corrected chi connectivity index (χ2v) is 7.69. The maximum Gasteiger partial charge on any atom is 0.192 e. The van der Waals surface area contributed by atoms with Crippen molar-refractivity contribution in [2.24, 2.45) is 17.2 Å². The molecule has 178 valence electrons. The monoisotopic (exact) mass is 448 g/mol. The second kappa shape index (κ2) is 16.3. The van der Waals surface area contributed by atoms with Gasteiger partial charge in [0.2, 0.25) is 0 Å². The molecule has 7 N–H and O–H groups in total. The highest BCUT2D eigenvalue weighted by atomic mass is 16.5. The zero-order chi connectivity index (χ0) is 24.5. The summed E-state index contributed by atoms with van der Waals surface area (Å²) in [5, 5.41) is 8.07. The molecule has 33 heavy (non-hydrogen) atoms. The Kier molecular flexibility index (Phi) is 13.7. The van der Waals surface area contributed by atoms with Gasteiger partial charge in [0.25, 0.3) is 0 Å². The molecule has 0 spiro atoms. The Morgan fingerprint density at radius 3 is 2.64 bits per heavy atom. The average Bonchev–Trinajstić information content (AvgIpc) is 2.80. The molecule has 0 aliphatic rings. The van der Waals surface area contributed by atoms with E-state index in [1.165, 1.54) is 30.7 Å². The van der Waals surface area contributed by atoms with Crippen molar-refractivity contribution < 1.29 is 4.74 Å². The number of ether oxygens (including phenoxy) is 1. The molecule has 5 heteroatoms. The van der Waals surface area contributed by atoms with Crippen LogP contribution in [-0.2, 0) is 6.42 Å². The summed E-state index contributed by atoms with van der Waals surface area (Å²) < 4.78 is 5.95. The first kappa shape index (κ1) is 27.7. The lowest BCUT2D eigenvalue weighted by Gasteiger charge is -2.13. The van der Waals surface area contributed by atoms with E-state index in [1.54, 1.807) is 12.2 Å². The van der Waals surface area contributed by atoms with Gasteiger partial charge in [-0.15, -0.1) is 0 Å². The van der Waals surface area contributed by atoms with Gasteiger partial charge in [-0.05, 0) is 55.3 Å². The highest BCUT2D eigenvalue weighted by Crippen LogP contribution is 2.29. The van der Waals surface area contributed by atoms with Crippen molar-refractivity contribution in [1.29, 1.82) is 5.41 Å². The Bertz CT molecular complexity index is 920. The molecule has 0 atom stereocenters. The summed E-state index contributed by atoms with van der Waals surface area (Å²) in [6, 6.07) is 6.05. The fraction of sp³-hybridized carbons (Fsp3) is 0.321. The molecule has 0 aliphatic carbocycles. The van der Waals surface area contributed by atoms with E-state index in [1.807, 2.05) is 24.3 Å². The van der Waals surface area contributed by atoms with Crippen LogP contribution in [-0.4, -0.2) is 12.3 Å². The zero-order valence-electron chi connectivity index (χ0n) is 20.1. The van der Waals surface area contributed by atoms with Crippen LogP contribution in [0.25, 0.3) is 5.57 Å². The topological polar surface area (TPSA) is 111 Å². The average molecular weight is 449 g/mol. The molecular weight excluding hydrogens is 408 g/mol. The van der Waals surface area contributed by atoms with Crippen LogP contribution in [0.1, 0.15) is 57.1 Å². The molecule has 0 heterocycles. The van der Waals surface area contributed by atoms with Crippen LogP contribution in [0.2, 0.25) is 0 Å². The van der Waals surface area contributed by atoms with E-state index in [2.05, 4.69) is 38.6 Å². The molecule has 0 amide bonds. The van der Waals surface area contributed by atoms with E-state index in [0.717, 1.165) is 36.0 Å². The SMILES string of the molecule is C=C(/C=C\C(=C/CCCC)CCN)c1ccc(CC)cc1O/C(N)=C/C(=N)C/C=C\C=C/N. The first-order chi connectivity index (χ1) is 15.9. The predicted molar refractivity (Wildman–Crippen MR) is 143 cm³/mol. The summed E-state index contributed by atoms with van der Waals surface area (Å²) in [6.45, 7) is 9.13. The first-order valence-electron chi connectivity index (χ1n) is 11.6. The number of unbranched alkanes of at least 4 members (excludes halogenated alkanes) is 2. The van der Waals surface area contributed by atoms with Crippen LogP contribution in [0, 0.1) is 5.41 Å². The highest BCUT2D eigenvalue weighted by molar-refractivity contribution is 5.93. The number of aryl methyl sites for hydroxylation is 1. The van der Waals surface area contributed by atoms with Crippen molar-refractivity contribution in [3.63, 3.8) is 0 Å². The number of nitrogens with two attached hydrogens (primary N) is 3. The van der Waals surface area contributed by atoms with Gasteiger partial charge in [0.15, 0.2) is 5.88 Å². The minimum atomic E-state index is 0.164. The quantitative estimate of drug-likeness (QED) is 0.116. The van der Waals surface area contributed by atoms with E-state index in [0.29, 0.717) is 24.4 Å². The molecular formula is C28H40N4O. The number of hydrogen-bond donors (Lipinski definition) is 4. The van der Waals surface area contributed by atoms with Crippen LogP contribution in [0.4, 0.5) is 0 Å². The molecule has 0 unspecified atom stereocenters. The fourth-order valence-electron chi connectivity index (χ4n) is 3.07. The Morgan fingerprint density at radius 2 is 1.97 bits per heavy atom. The van der Waals surface area contributed by atoms with Gasteiger partial charge < -0.3 is 27.3 Å². The number of allylic oxidation sites excluding steroid dienone is 8. The first-order valence-corrected chi connectivity index (χ1v) is 11.6. The highest BCUT2D eigenvalue weighted by Gasteiger charge is 2.09. The van der Waals surface area contributed by atoms with Crippen LogP contribution in [0.5, 0.6) is 5.75 Å². The zero-order valence-corrected chi connectivity index (χ0v) is 20.1. The van der Waals surface area contributed by atoms with E-state index in [4.69, 9.17) is 27.3 Å². The van der Waals surface area contributed by atoms with E-state index < -0.39 is 0 Å². The third kappa shape index (κ3) is 11.2. The van der Waals surface area contributed by atoms with Gasteiger partial charge in [-0.3, -0.25) is 0 Å². The summed E-state index contributed by atoms with van der Waals surface area (Å²) in [4.78, 5) is 0. The number of rotatable bonds is 15. The minimum Gasteiger partial charge on any atom is -0.441 e. The normalized spacial score (nSPS) is 12.8. The molecule has 0 aromatic heterocycles. The van der Waals surface area contributed by atoms with Crippen molar-refractivity contribution in [3.05, 3.63) is 96.1 Å². The summed E-state index contributed by atoms with van der Waals surface area (Å²) in [5.41, 5.74) is 21.5. The predicted octanol–water partition coefficient (Wildman–Crippen LogP) is 5.90. The maximum atomic E-state index is 8.07. The Hall–Kier alpha value is -3.31. The number of benzene rings is 1. The van der Waals surface area contributed by atoms with Gasteiger partial charge in [-0.2, -0.15) is 0 Å². The van der Waals surface area contributed by atoms with Crippen molar-refractivity contribution in [1.82, 2.24) is 0 Å². The molecule has 0 radical (unpaired) electrons. The van der Waals surface area contributed by atoms with Gasteiger partial charge >= 0.3 is 0 Å². The lowest BCUT2D eigenvalue weighted by molar-refractivity contribution is 0.419. The van der Waals surface area contributed by atoms with Crippen LogP contribution < -0.4 is 21.9 Å². The van der Waals surface area contributed by atoms with Gasteiger partial charge in [-0.25, -0.2) is 0 Å². The van der Waals surface area contributed by atoms with E-state index in [9.17, 15) is 0 Å². The van der Waals surface area contributed by atoms with Crippen molar-refractivity contribution in [2.45, 2.75) is 52.4 Å². The molecule has 0 fully saturated rings. The van der Waals surface area contributed by atoms with E-state index >= 15 is 0 Å². The summed E-state index contributed by atoms with van der Waals surface area (Å²) in [7, 11) is 0. The Morgan fingerprint density at radius 1 is 1.18 bits per heavy atom. The fourth-order valence-corrected chi connectivity index (χ4v) is 3.07. The molecule has 0 aliphatic heterocycles. The maximum absolute atomic E-state index is 8.07. The standard InChI is InChI=1S/C28H40N4O/c1-4-6-8-11-24(17-19-30)14-13-22(3)26-16-15-23(5-2)20-27(26)33-28(32)21-25(31)12-9-7-10-18-29/h7,9-11,13-16,18,20-21,31H,3-6,8,12,17,19,29-30,32H2,1-2H3/b9-7-,14-13-,18-10-,24-11+,28-21+,31-25?. The molecule has 0 bridgehead atoms. The molecule has 1 rings (SSSR count). The number of hydrogen-bond acceptors (Lipinski definition) is 5.